The Morgan fingerprint density at radius 1 is 0.885 bits per heavy atom. The Balaban J connectivity index is 1.31. The highest BCUT2D eigenvalue weighted by Crippen LogP contribution is 2.16. The van der Waals surface area contributed by atoms with Crippen molar-refractivity contribution in [3.8, 4) is 0 Å². The molecule has 7 heteroatoms. The number of piperazine rings is 1. The lowest BCUT2D eigenvalue weighted by atomic mass is 10.1. The highest BCUT2D eigenvalue weighted by Gasteiger charge is 2.19. The van der Waals surface area contributed by atoms with Crippen molar-refractivity contribution >= 4 is 17.9 Å². The molecule has 0 bridgehead atoms. The van der Waals surface area contributed by atoms with Crippen LogP contribution in [0.4, 0.5) is 5.69 Å². The minimum Gasteiger partial charge on any atom is -0.412 e. The fourth-order valence-corrected chi connectivity index (χ4v) is 3.98. The topological polar surface area (TPSA) is 40.7 Å². The minimum atomic E-state index is 0.488. The Morgan fingerprint density at radius 3 is 2.35 bits per heavy atom. The predicted molar refractivity (Wildman–Crippen MR) is 105 cm³/mol. The maximum atomic E-state index is 5.74. The Labute approximate surface area is 160 Å². The van der Waals surface area contributed by atoms with Gasteiger partial charge in [-0.2, -0.15) is 0 Å². The molecule has 1 aromatic heterocycles. The normalized spacial score (nSPS) is 19.8. The molecule has 0 N–H and O–H groups in total. The molecule has 2 fully saturated rings. The van der Waals surface area contributed by atoms with Crippen LogP contribution in [0, 0.1) is 4.84 Å². The van der Waals surface area contributed by atoms with E-state index >= 15 is 0 Å². The molecule has 26 heavy (non-hydrogen) atoms. The highest BCUT2D eigenvalue weighted by molar-refractivity contribution is 7.71. The van der Waals surface area contributed by atoms with Crippen molar-refractivity contribution in [2.45, 2.75) is 32.5 Å². The van der Waals surface area contributed by atoms with Crippen molar-refractivity contribution in [3.05, 3.63) is 41.1 Å². The van der Waals surface area contributed by atoms with Crippen LogP contribution in [-0.4, -0.2) is 58.8 Å². The van der Waals surface area contributed by atoms with E-state index in [1.54, 1.807) is 0 Å². The summed E-state index contributed by atoms with van der Waals surface area (Å²) in [6, 6.07) is 10.6. The van der Waals surface area contributed by atoms with E-state index in [4.69, 9.17) is 16.6 Å². The molecule has 0 aliphatic carbocycles. The van der Waals surface area contributed by atoms with Gasteiger partial charge in [0.25, 0.3) is 4.84 Å². The molecule has 2 saturated heterocycles. The first kappa shape index (κ1) is 17.7. The molecule has 2 aromatic rings. The summed E-state index contributed by atoms with van der Waals surface area (Å²) in [6.45, 7) is 7.82. The smallest absolute Gasteiger partial charge is 0.288 e. The van der Waals surface area contributed by atoms with Crippen LogP contribution in [0.25, 0.3) is 0 Å². The second-order valence-electron chi connectivity index (χ2n) is 7.18. The summed E-state index contributed by atoms with van der Waals surface area (Å²) in [5.74, 6) is 0.750. The first-order valence-corrected chi connectivity index (χ1v) is 10.0. The SMILES string of the molecule is S=c1oc(CN2CCCCC2)nn1CN1CCN(c2ccccc2)CC1. The molecule has 2 aliphatic heterocycles. The fourth-order valence-electron chi connectivity index (χ4n) is 3.79. The van der Waals surface area contributed by atoms with Gasteiger partial charge in [-0.3, -0.25) is 9.80 Å². The number of rotatable bonds is 5. The third-order valence-electron chi connectivity index (χ3n) is 5.28. The van der Waals surface area contributed by atoms with Crippen molar-refractivity contribution in [1.29, 1.82) is 0 Å². The van der Waals surface area contributed by atoms with Crippen LogP contribution in [0.15, 0.2) is 34.7 Å². The summed E-state index contributed by atoms with van der Waals surface area (Å²) in [7, 11) is 0. The number of likely N-dealkylation sites (tertiary alicyclic amines) is 1. The standard InChI is InChI=1S/C19H27N5OS/c26-19-24(20-18(25-19)15-21-9-5-2-6-10-21)16-22-11-13-23(14-12-22)17-7-3-1-4-8-17/h1,3-4,7-8H,2,5-6,9-16H2. The minimum absolute atomic E-state index is 0.488. The zero-order valence-electron chi connectivity index (χ0n) is 15.2. The van der Waals surface area contributed by atoms with Crippen LogP contribution in [-0.2, 0) is 13.2 Å². The van der Waals surface area contributed by atoms with Gasteiger partial charge < -0.3 is 9.32 Å². The molecular formula is C19H27N5OS. The first-order valence-electron chi connectivity index (χ1n) is 9.59. The lowest BCUT2D eigenvalue weighted by molar-refractivity contribution is 0.191. The van der Waals surface area contributed by atoms with Gasteiger partial charge in [0.05, 0.1) is 13.2 Å². The second kappa shape index (κ2) is 8.33. The van der Waals surface area contributed by atoms with Crippen LogP contribution < -0.4 is 4.90 Å². The summed E-state index contributed by atoms with van der Waals surface area (Å²) in [5, 5.41) is 4.62. The first-order chi connectivity index (χ1) is 12.8. The molecule has 4 rings (SSSR count). The molecular weight excluding hydrogens is 346 g/mol. The quantitative estimate of drug-likeness (QED) is 0.751. The van der Waals surface area contributed by atoms with Crippen LogP contribution in [0.5, 0.6) is 0 Å². The van der Waals surface area contributed by atoms with Crippen LogP contribution in [0.1, 0.15) is 25.2 Å². The van der Waals surface area contributed by atoms with E-state index in [0.717, 1.165) is 51.7 Å². The molecule has 0 radical (unpaired) electrons. The zero-order valence-corrected chi connectivity index (χ0v) is 16.0. The average molecular weight is 374 g/mol. The lowest BCUT2D eigenvalue weighted by Gasteiger charge is -2.35. The molecule has 0 spiro atoms. The van der Waals surface area contributed by atoms with E-state index in [9.17, 15) is 0 Å². The number of hydrogen-bond donors (Lipinski definition) is 0. The van der Waals surface area contributed by atoms with E-state index in [2.05, 4.69) is 50.1 Å². The average Bonchev–Trinajstić information content (AvgIpc) is 3.03. The van der Waals surface area contributed by atoms with Crippen molar-refractivity contribution in [2.24, 2.45) is 0 Å². The highest BCUT2D eigenvalue weighted by atomic mass is 32.1. The zero-order chi connectivity index (χ0) is 17.8. The number of benzene rings is 1. The summed E-state index contributed by atoms with van der Waals surface area (Å²) < 4.78 is 7.58. The second-order valence-corrected chi connectivity index (χ2v) is 7.53. The Kier molecular flexibility index (Phi) is 5.67. The van der Waals surface area contributed by atoms with Gasteiger partial charge in [0.2, 0.25) is 5.89 Å². The summed E-state index contributed by atoms with van der Waals surface area (Å²) in [6.07, 6.45) is 3.88. The van der Waals surface area contributed by atoms with Gasteiger partial charge in [-0.1, -0.05) is 24.6 Å². The van der Waals surface area contributed by atoms with Gasteiger partial charge in [0.1, 0.15) is 0 Å². The Hall–Kier alpha value is -1.70. The number of aromatic nitrogens is 2. The van der Waals surface area contributed by atoms with Gasteiger partial charge in [0, 0.05) is 31.9 Å². The van der Waals surface area contributed by atoms with E-state index in [-0.39, 0.29) is 0 Å². The summed E-state index contributed by atoms with van der Waals surface area (Å²) in [5.41, 5.74) is 1.30. The molecule has 0 unspecified atom stereocenters. The van der Waals surface area contributed by atoms with Gasteiger partial charge in [-0.25, -0.2) is 4.68 Å². The number of nitrogens with zero attached hydrogens (tertiary/aromatic N) is 5. The van der Waals surface area contributed by atoms with E-state index in [1.165, 1.54) is 24.9 Å². The van der Waals surface area contributed by atoms with E-state index < -0.39 is 0 Å². The number of hydrogen-bond acceptors (Lipinski definition) is 6. The molecule has 0 amide bonds. The van der Waals surface area contributed by atoms with Crippen LogP contribution in [0.3, 0.4) is 0 Å². The molecule has 2 aliphatic rings. The molecule has 140 valence electrons. The van der Waals surface area contributed by atoms with Crippen LogP contribution in [0.2, 0.25) is 0 Å². The predicted octanol–water partition coefficient (Wildman–Crippen LogP) is 2.97. The lowest BCUT2D eigenvalue weighted by Crippen LogP contribution is -2.46. The summed E-state index contributed by atoms with van der Waals surface area (Å²) >= 11 is 5.39. The van der Waals surface area contributed by atoms with E-state index in [0.29, 0.717) is 11.5 Å². The van der Waals surface area contributed by atoms with Crippen molar-refractivity contribution in [1.82, 2.24) is 19.6 Å². The van der Waals surface area contributed by atoms with Gasteiger partial charge in [-0.15, -0.1) is 5.10 Å². The van der Waals surface area contributed by atoms with Crippen molar-refractivity contribution in [3.63, 3.8) is 0 Å². The molecule has 0 atom stereocenters. The Morgan fingerprint density at radius 2 is 1.62 bits per heavy atom. The maximum Gasteiger partial charge on any atom is 0.288 e. The van der Waals surface area contributed by atoms with Crippen molar-refractivity contribution < 1.29 is 4.42 Å². The van der Waals surface area contributed by atoms with Gasteiger partial charge in [-0.05, 0) is 50.3 Å². The number of para-hydroxylation sites is 1. The maximum absolute atomic E-state index is 5.74. The van der Waals surface area contributed by atoms with Crippen molar-refractivity contribution in [2.75, 3.05) is 44.2 Å². The Bertz CT molecular complexity index is 745. The van der Waals surface area contributed by atoms with Gasteiger partial charge in [0.15, 0.2) is 0 Å². The van der Waals surface area contributed by atoms with E-state index in [1.807, 2.05) is 4.68 Å². The largest absolute Gasteiger partial charge is 0.412 e. The molecule has 3 heterocycles. The number of anilines is 1. The molecule has 6 nitrogen and oxygen atoms in total. The third-order valence-corrected chi connectivity index (χ3v) is 5.58. The molecule has 1 aromatic carbocycles. The third kappa shape index (κ3) is 4.34. The molecule has 0 saturated carbocycles. The fraction of sp³-hybridized carbons (Fsp3) is 0.579. The summed E-state index contributed by atoms with van der Waals surface area (Å²) in [4.78, 5) is 7.72. The van der Waals surface area contributed by atoms with Gasteiger partial charge >= 0.3 is 0 Å². The number of piperidine rings is 1. The van der Waals surface area contributed by atoms with Crippen LogP contribution >= 0.6 is 12.2 Å². The monoisotopic (exact) mass is 373 g/mol.